The van der Waals surface area contributed by atoms with Crippen molar-refractivity contribution in [2.24, 2.45) is 23.2 Å². The summed E-state index contributed by atoms with van der Waals surface area (Å²) in [4.78, 5) is 63.5. The quantitative estimate of drug-likeness (QED) is 0.331. The van der Waals surface area contributed by atoms with Crippen LogP contribution in [0.5, 0.6) is 0 Å². The van der Waals surface area contributed by atoms with E-state index < -0.39 is 53.0 Å². The third kappa shape index (κ3) is 6.27. The van der Waals surface area contributed by atoms with Gasteiger partial charge >= 0.3 is 17.9 Å². The van der Waals surface area contributed by atoms with E-state index in [1.54, 1.807) is 52.8 Å². The minimum atomic E-state index is -1.58. The summed E-state index contributed by atoms with van der Waals surface area (Å²) in [7, 11) is 0. The van der Waals surface area contributed by atoms with Crippen molar-refractivity contribution in [2.45, 2.75) is 92.5 Å². The summed E-state index contributed by atoms with van der Waals surface area (Å²) in [5, 5.41) is 0. The highest BCUT2D eigenvalue weighted by Crippen LogP contribution is 2.48. The van der Waals surface area contributed by atoms with Gasteiger partial charge < -0.3 is 14.2 Å². The molecule has 194 valence electrons. The normalized spacial score (nSPS) is 35.4. The Labute approximate surface area is 207 Å². The van der Waals surface area contributed by atoms with E-state index in [2.05, 4.69) is 0 Å². The number of ketones is 2. The molecule has 0 aromatic carbocycles. The second kappa shape index (κ2) is 10.9. The van der Waals surface area contributed by atoms with Crippen LogP contribution in [0.4, 0.5) is 0 Å². The molecule has 0 aromatic heterocycles. The van der Waals surface area contributed by atoms with Crippen molar-refractivity contribution in [1.82, 2.24) is 0 Å². The minimum Gasteiger partial charge on any atom is -0.461 e. The Morgan fingerprint density at radius 1 is 1.06 bits per heavy atom. The third-order valence-electron chi connectivity index (χ3n) is 6.94. The van der Waals surface area contributed by atoms with Crippen molar-refractivity contribution < 1.29 is 38.2 Å². The van der Waals surface area contributed by atoms with Gasteiger partial charge in [-0.1, -0.05) is 39.0 Å². The second-order valence-electron chi connectivity index (χ2n) is 10.4. The molecule has 1 saturated carbocycles. The van der Waals surface area contributed by atoms with E-state index >= 15 is 0 Å². The van der Waals surface area contributed by atoms with Crippen LogP contribution in [0.25, 0.3) is 0 Å². The molecule has 0 aliphatic heterocycles. The lowest BCUT2D eigenvalue weighted by atomic mass is 9.76. The van der Waals surface area contributed by atoms with Gasteiger partial charge in [-0.15, -0.1) is 0 Å². The highest BCUT2D eigenvalue weighted by atomic mass is 16.6. The molecular formula is C27H38O8. The lowest BCUT2D eigenvalue weighted by molar-refractivity contribution is -0.172. The fourth-order valence-corrected chi connectivity index (χ4v) is 4.95. The van der Waals surface area contributed by atoms with Gasteiger partial charge in [0.25, 0.3) is 0 Å². The zero-order valence-corrected chi connectivity index (χ0v) is 22.0. The van der Waals surface area contributed by atoms with Crippen LogP contribution in [-0.2, 0) is 38.2 Å². The largest absolute Gasteiger partial charge is 0.461 e. The van der Waals surface area contributed by atoms with Crippen molar-refractivity contribution in [2.75, 3.05) is 0 Å². The van der Waals surface area contributed by atoms with Crippen LogP contribution in [0, 0.1) is 23.2 Å². The van der Waals surface area contributed by atoms with E-state index in [4.69, 9.17) is 14.2 Å². The third-order valence-corrected chi connectivity index (χ3v) is 6.94. The molecule has 2 aliphatic carbocycles. The van der Waals surface area contributed by atoms with Gasteiger partial charge in [0.1, 0.15) is 18.0 Å². The number of rotatable bonds is 4. The average Bonchev–Trinajstić information content (AvgIpc) is 3.00. The predicted octanol–water partition coefficient (Wildman–Crippen LogP) is 3.90. The van der Waals surface area contributed by atoms with Crippen molar-refractivity contribution in [1.29, 1.82) is 0 Å². The maximum Gasteiger partial charge on any atom is 0.305 e. The number of ether oxygens (including phenoxy) is 3. The van der Waals surface area contributed by atoms with E-state index in [1.807, 2.05) is 6.92 Å². The maximum atomic E-state index is 13.9. The molecule has 0 amide bonds. The van der Waals surface area contributed by atoms with Gasteiger partial charge in [0, 0.05) is 44.4 Å². The van der Waals surface area contributed by atoms with E-state index in [0.29, 0.717) is 5.57 Å². The van der Waals surface area contributed by atoms with Crippen LogP contribution in [0.3, 0.4) is 0 Å². The molecule has 0 unspecified atom stereocenters. The molecule has 0 aromatic rings. The van der Waals surface area contributed by atoms with Crippen LogP contribution in [0.2, 0.25) is 0 Å². The SMILES string of the molecule is CCC(=O)O[C@H]1[C@H](C)C[C@]2(OC(C)=O)C(=O)[C@@H](C)/C=C/C(C)(C)C(=O)C[C@@H](OC(C)=O)/C(C)=C/[C@@H]12. The molecule has 0 spiro atoms. The fraction of sp³-hybridized carbons (Fsp3) is 0.667. The minimum absolute atomic E-state index is 0.0656. The first kappa shape index (κ1) is 28.5. The first-order valence-electron chi connectivity index (χ1n) is 12.2. The summed E-state index contributed by atoms with van der Waals surface area (Å²) >= 11 is 0. The van der Waals surface area contributed by atoms with Crippen LogP contribution in [-0.4, -0.2) is 47.3 Å². The standard InChI is InChI=1S/C27H38O8/c1-9-23(31)34-24-17(4)14-27(35-19(6)29)20(24)12-16(3)21(33-18(5)28)13-22(30)26(7,8)11-10-15(2)25(27)32/h10-12,15,17,20-21,24H,9,13-14H2,1-8H3/b11-10+,16-12+/t15-,17+,20-,21+,24-,27+/m0/s1. The first-order chi connectivity index (χ1) is 16.1. The Morgan fingerprint density at radius 2 is 1.69 bits per heavy atom. The Balaban J connectivity index is 2.79. The van der Waals surface area contributed by atoms with E-state index in [-0.39, 0.29) is 36.7 Å². The van der Waals surface area contributed by atoms with Gasteiger partial charge in [0.05, 0.1) is 5.92 Å². The molecular weight excluding hydrogens is 452 g/mol. The van der Waals surface area contributed by atoms with Gasteiger partial charge in [-0.25, -0.2) is 0 Å². The van der Waals surface area contributed by atoms with Gasteiger partial charge in [-0.2, -0.15) is 0 Å². The smallest absolute Gasteiger partial charge is 0.305 e. The number of carbonyl (C=O) groups excluding carboxylic acids is 5. The van der Waals surface area contributed by atoms with Crippen molar-refractivity contribution in [3.8, 4) is 0 Å². The van der Waals surface area contributed by atoms with E-state index in [0.717, 1.165) is 0 Å². The average molecular weight is 491 g/mol. The maximum absolute atomic E-state index is 13.9. The van der Waals surface area contributed by atoms with Gasteiger partial charge in [-0.3, -0.25) is 24.0 Å². The summed E-state index contributed by atoms with van der Waals surface area (Å²) in [5.41, 5.74) is -1.98. The zero-order valence-electron chi connectivity index (χ0n) is 22.0. The lowest BCUT2D eigenvalue weighted by Gasteiger charge is -2.36. The molecule has 2 aliphatic rings. The van der Waals surface area contributed by atoms with Crippen LogP contribution < -0.4 is 0 Å². The summed E-state index contributed by atoms with van der Waals surface area (Å²) in [6, 6.07) is 0. The van der Waals surface area contributed by atoms with Crippen molar-refractivity contribution >= 4 is 29.5 Å². The van der Waals surface area contributed by atoms with Crippen molar-refractivity contribution in [3.63, 3.8) is 0 Å². The molecule has 8 nitrogen and oxygen atoms in total. The number of esters is 3. The zero-order chi connectivity index (χ0) is 26.7. The molecule has 0 N–H and O–H groups in total. The fourth-order valence-electron chi connectivity index (χ4n) is 4.95. The molecule has 35 heavy (non-hydrogen) atoms. The summed E-state index contributed by atoms with van der Waals surface area (Å²) < 4.78 is 17.1. The number of hydrogen-bond acceptors (Lipinski definition) is 8. The van der Waals surface area contributed by atoms with Crippen LogP contribution in [0.15, 0.2) is 23.8 Å². The van der Waals surface area contributed by atoms with Crippen LogP contribution >= 0.6 is 0 Å². The van der Waals surface area contributed by atoms with Gasteiger partial charge in [0.15, 0.2) is 11.4 Å². The number of Topliss-reactive ketones (excluding diaryl/α,β-unsaturated/α-hetero) is 2. The Morgan fingerprint density at radius 3 is 2.23 bits per heavy atom. The predicted molar refractivity (Wildman–Crippen MR) is 128 cm³/mol. The number of hydrogen-bond donors (Lipinski definition) is 0. The molecule has 0 radical (unpaired) electrons. The Hall–Kier alpha value is -2.77. The molecule has 0 bridgehead atoms. The molecule has 1 fully saturated rings. The molecule has 2 rings (SSSR count). The number of allylic oxidation sites excluding steroid dienone is 2. The monoisotopic (exact) mass is 490 g/mol. The topological polar surface area (TPSA) is 113 Å². The van der Waals surface area contributed by atoms with Gasteiger partial charge in [-0.05, 0) is 32.3 Å². The summed E-state index contributed by atoms with van der Waals surface area (Å²) in [6.45, 7) is 12.9. The Kier molecular flexibility index (Phi) is 8.84. The molecule has 6 atom stereocenters. The van der Waals surface area contributed by atoms with Crippen molar-refractivity contribution in [3.05, 3.63) is 23.8 Å². The number of fused-ring (bicyclic) bond motifs is 1. The van der Waals surface area contributed by atoms with Crippen LogP contribution in [0.1, 0.15) is 74.7 Å². The molecule has 0 saturated heterocycles. The van der Waals surface area contributed by atoms with E-state index in [1.165, 1.54) is 13.8 Å². The number of carbonyl (C=O) groups is 5. The second-order valence-corrected chi connectivity index (χ2v) is 10.4. The lowest BCUT2D eigenvalue weighted by Crippen LogP contribution is -2.50. The summed E-state index contributed by atoms with van der Waals surface area (Å²) in [6.07, 6.45) is 3.63. The summed E-state index contributed by atoms with van der Waals surface area (Å²) in [5.74, 6) is -3.91. The highest BCUT2D eigenvalue weighted by molar-refractivity contribution is 5.94. The molecule has 0 heterocycles. The Bertz CT molecular complexity index is 943. The molecule has 8 heteroatoms. The highest BCUT2D eigenvalue weighted by Gasteiger charge is 2.60. The van der Waals surface area contributed by atoms with E-state index in [9.17, 15) is 24.0 Å². The first-order valence-corrected chi connectivity index (χ1v) is 12.2. The van der Waals surface area contributed by atoms with Gasteiger partial charge in [0.2, 0.25) is 0 Å².